The molecular weight excluding hydrogens is 473 g/mol. The molecule has 0 radical (unpaired) electrons. The second kappa shape index (κ2) is 6.64. The molecule has 0 fully saturated rings. The van der Waals surface area contributed by atoms with E-state index < -0.39 is 21.4 Å². The summed E-state index contributed by atoms with van der Waals surface area (Å²) >= 11 is 4.65. The van der Waals surface area contributed by atoms with Gasteiger partial charge in [-0.2, -0.15) is 21.6 Å². The number of fused-ring (bicyclic) bond motifs is 1. The zero-order valence-corrected chi connectivity index (χ0v) is 16.9. The van der Waals surface area contributed by atoms with Crippen LogP contribution in [0.1, 0.15) is 10.4 Å². The zero-order chi connectivity index (χ0) is 20.1. The SMILES string of the molecule is Cc1sc2c(=O)c(C)c(-c3ccc(OS(=O)(=O)C(F)(F)F)cc3)oc2c1Br. The topological polar surface area (TPSA) is 73.6 Å². The molecule has 2 aromatic heterocycles. The Kier molecular flexibility index (Phi) is 4.89. The molecule has 0 N–H and O–H groups in total. The van der Waals surface area contributed by atoms with Crippen LogP contribution < -0.4 is 9.61 Å². The van der Waals surface area contributed by atoms with Crippen molar-refractivity contribution in [2.24, 2.45) is 0 Å². The Morgan fingerprint density at radius 2 is 1.74 bits per heavy atom. The van der Waals surface area contributed by atoms with Crippen molar-refractivity contribution < 1.29 is 30.2 Å². The first-order valence-corrected chi connectivity index (χ1v) is 10.3. The van der Waals surface area contributed by atoms with E-state index in [9.17, 15) is 26.4 Å². The lowest BCUT2D eigenvalue weighted by molar-refractivity contribution is -0.0500. The van der Waals surface area contributed by atoms with Gasteiger partial charge in [0.1, 0.15) is 16.2 Å². The molecule has 0 aliphatic carbocycles. The van der Waals surface area contributed by atoms with E-state index in [0.717, 1.165) is 17.0 Å². The zero-order valence-electron chi connectivity index (χ0n) is 13.7. The number of thiophene rings is 1. The predicted octanol–water partition coefficient (Wildman–Crippen LogP) is 5.13. The van der Waals surface area contributed by atoms with Gasteiger partial charge in [0, 0.05) is 16.0 Å². The van der Waals surface area contributed by atoms with Gasteiger partial charge in [0.25, 0.3) is 0 Å². The monoisotopic (exact) mass is 482 g/mol. The Balaban J connectivity index is 2.05. The van der Waals surface area contributed by atoms with Crippen molar-refractivity contribution >= 4 is 47.7 Å². The normalized spacial score (nSPS) is 12.5. The quantitative estimate of drug-likeness (QED) is 0.382. The average molecular weight is 483 g/mol. The standard InChI is InChI=1S/C16H10BrF3O5S2/c1-7-12(21)15-14(11(17)8(2)26-15)24-13(7)9-3-5-10(6-4-9)25-27(22,23)16(18,19)20/h3-6H,1-2H3. The number of aryl methyl sites for hydroxylation is 1. The van der Waals surface area contributed by atoms with E-state index >= 15 is 0 Å². The van der Waals surface area contributed by atoms with Gasteiger partial charge >= 0.3 is 15.6 Å². The molecule has 3 aromatic rings. The molecule has 0 unspecified atom stereocenters. The molecular formula is C16H10BrF3O5S2. The predicted molar refractivity (Wildman–Crippen MR) is 98.6 cm³/mol. The molecule has 2 heterocycles. The van der Waals surface area contributed by atoms with Crippen LogP contribution in [0.25, 0.3) is 21.6 Å². The van der Waals surface area contributed by atoms with Gasteiger partial charge in [0.05, 0.1) is 4.47 Å². The third-order valence-electron chi connectivity index (χ3n) is 3.67. The highest BCUT2D eigenvalue weighted by Crippen LogP contribution is 2.37. The fraction of sp³-hybridized carbons (Fsp3) is 0.188. The summed E-state index contributed by atoms with van der Waals surface area (Å²) in [5, 5.41) is 0. The van der Waals surface area contributed by atoms with Gasteiger partial charge in [-0.15, -0.1) is 11.3 Å². The number of rotatable bonds is 3. The molecule has 5 nitrogen and oxygen atoms in total. The molecule has 0 atom stereocenters. The van der Waals surface area contributed by atoms with Crippen LogP contribution in [0.2, 0.25) is 0 Å². The molecule has 144 valence electrons. The Hall–Kier alpha value is -1.85. The Bertz CT molecular complexity index is 1190. The lowest BCUT2D eigenvalue weighted by Gasteiger charge is -2.10. The molecule has 0 bridgehead atoms. The van der Waals surface area contributed by atoms with Crippen LogP contribution >= 0.6 is 27.3 Å². The molecule has 3 rings (SSSR count). The van der Waals surface area contributed by atoms with Crippen LogP contribution in [0.5, 0.6) is 5.75 Å². The van der Waals surface area contributed by atoms with Gasteiger partial charge in [0.2, 0.25) is 5.43 Å². The Labute approximate surface area is 163 Å². The third kappa shape index (κ3) is 3.50. The van der Waals surface area contributed by atoms with Crippen molar-refractivity contribution in [3.05, 3.63) is 49.4 Å². The maximum Gasteiger partial charge on any atom is 0.534 e. The van der Waals surface area contributed by atoms with E-state index in [1.807, 2.05) is 6.92 Å². The summed E-state index contributed by atoms with van der Waals surface area (Å²) in [7, 11) is -5.75. The Morgan fingerprint density at radius 3 is 2.30 bits per heavy atom. The van der Waals surface area contributed by atoms with Gasteiger partial charge in [-0.25, -0.2) is 0 Å². The number of halogens is 4. The highest BCUT2D eigenvalue weighted by Gasteiger charge is 2.48. The summed E-state index contributed by atoms with van der Waals surface area (Å²) < 4.78 is 70.2. The smallest absolute Gasteiger partial charge is 0.453 e. The first kappa shape index (κ1) is 19.9. The van der Waals surface area contributed by atoms with Gasteiger partial charge in [0.15, 0.2) is 5.58 Å². The van der Waals surface area contributed by atoms with Gasteiger partial charge < -0.3 is 8.60 Å². The number of hydrogen-bond donors (Lipinski definition) is 0. The van der Waals surface area contributed by atoms with Crippen molar-refractivity contribution in [3.63, 3.8) is 0 Å². The van der Waals surface area contributed by atoms with Crippen molar-refractivity contribution in [1.82, 2.24) is 0 Å². The van der Waals surface area contributed by atoms with E-state index in [1.165, 1.54) is 23.5 Å². The number of hydrogen-bond acceptors (Lipinski definition) is 6. The van der Waals surface area contributed by atoms with E-state index in [1.54, 1.807) is 6.92 Å². The number of alkyl halides is 3. The van der Waals surface area contributed by atoms with Crippen LogP contribution in [0.3, 0.4) is 0 Å². The van der Waals surface area contributed by atoms with Crippen LogP contribution in [-0.4, -0.2) is 13.9 Å². The molecule has 0 saturated carbocycles. The van der Waals surface area contributed by atoms with Crippen molar-refractivity contribution in [3.8, 4) is 17.1 Å². The average Bonchev–Trinajstić information content (AvgIpc) is 2.86. The van der Waals surface area contributed by atoms with Crippen molar-refractivity contribution in [2.45, 2.75) is 19.4 Å². The highest BCUT2D eigenvalue weighted by atomic mass is 79.9. The molecule has 0 amide bonds. The first-order valence-electron chi connectivity index (χ1n) is 7.26. The van der Waals surface area contributed by atoms with Crippen molar-refractivity contribution in [1.29, 1.82) is 0 Å². The van der Waals surface area contributed by atoms with E-state index in [0.29, 0.717) is 25.9 Å². The highest BCUT2D eigenvalue weighted by molar-refractivity contribution is 9.10. The Morgan fingerprint density at radius 1 is 1.15 bits per heavy atom. The molecule has 0 saturated heterocycles. The van der Waals surface area contributed by atoms with Crippen LogP contribution in [0.15, 0.2) is 37.9 Å². The van der Waals surface area contributed by atoms with Crippen molar-refractivity contribution in [2.75, 3.05) is 0 Å². The largest absolute Gasteiger partial charge is 0.534 e. The van der Waals surface area contributed by atoms with Crippen LogP contribution in [0, 0.1) is 13.8 Å². The molecule has 0 spiro atoms. The summed E-state index contributed by atoms with van der Waals surface area (Å²) in [4.78, 5) is 13.4. The summed E-state index contributed by atoms with van der Waals surface area (Å²) in [6, 6.07) is 4.73. The van der Waals surface area contributed by atoms with E-state index in [-0.39, 0.29) is 11.2 Å². The molecule has 0 aliphatic heterocycles. The van der Waals surface area contributed by atoms with Gasteiger partial charge in [-0.1, -0.05) is 0 Å². The fourth-order valence-electron chi connectivity index (χ4n) is 2.31. The minimum absolute atomic E-state index is 0.218. The summed E-state index contributed by atoms with van der Waals surface area (Å²) in [6.07, 6.45) is 0. The summed E-state index contributed by atoms with van der Waals surface area (Å²) in [5.41, 5.74) is -4.65. The molecule has 1 aromatic carbocycles. The molecule has 0 aliphatic rings. The lowest BCUT2D eigenvalue weighted by Crippen LogP contribution is -2.28. The third-order valence-corrected chi connectivity index (χ3v) is 6.95. The first-order chi connectivity index (χ1) is 12.4. The van der Waals surface area contributed by atoms with Crippen LogP contribution in [-0.2, 0) is 10.1 Å². The number of benzene rings is 1. The lowest BCUT2D eigenvalue weighted by atomic mass is 10.1. The fourth-order valence-corrected chi connectivity index (χ4v) is 4.39. The summed E-state index contributed by atoms with van der Waals surface area (Å²) in [6.45, 7) is 3.40. The van der Waals surface area contributed by atoms with Gasteiger partial charge in [-0.05, 0) is 54.0 Å². The van der Waals surface area contributed by atoms with Crippen LogP contribution in [0.4, 0.5) is 13.2 Å². The molecule has 11 heteroatoms. The second-order valence-electron chi connectivity index (χ2n) is 5.52. The second-order valence-corrected chi connectivity index (χ2v) is 9.08. The maximum atomic E-state index is 12.6. The minimum Gasteiger partial charge on any atom is -0.453 e. The summed E-state index contributed by atoms with van der Waals surface area (Å²) in [5.74, 6) is -0.277. The minimum atomic E-state index is -5.75. The van der Waals surface area contributed by atoms with Gasteiger partial charge in [-0.3, -0.25) is 4.79 Å². The maximum absolute atomic E-state index is 12.6. The van der Waals surface area contributed by atoms with E-state index in [4.69, 9.17) is 4.42 Å². The molecule has 27 heavy (non-hydrogen) atoms. The van der Waals surface area contributed by atoms with E-state index in [2.05, 4.69) is 20.1 Å².